The van der Waals surface area contributed by atoms with Gasteiger partial charge in [-0.3, -0.25) is 28.3 Å². The van der Waals surface area contributed by atoms with Gasteiger partial charge < -0.3 is 20.3 Å². The Kier molecular flexibility index (Phi) is 5.54. The van der Waals surface area contributed by atoms with Gasteiger partial charge in [0, 0.05) is 43.2 Å². The van der Waals surface area contributed by atoms with Gasteiger partial charge in [-0.1, -0.05) is 0 Å². The minimum absolute atomic E-state index is 0.00155. The van der Waals surface area contributed by atoms with E-state index in [1.54, 1.807) is 0 Å². The van der Waals surface area contributed by atoms with Gasteiger partial charge in [0.15, 0.2) is 17.3 Å². The largest absolute Gasteiger partial charge is 0.507 e. The van der Waals surface area contributed by atoms with Crippen molar-refractivity contribution in [2.24, 2.45) is 14.1 Å². The molecule has 1 atom stereocenters. The molecule has 0 spiro atoms. The summed E-state index contributed by atoms with van der Waals surface area (Å²) in [5.74, 6) is -2.99. The second kappa shape index (κ2) is 8.08. The van der Waals surface area contributed by atoms with Crippen molar-refractivity contribution >= 4 is 17.3 Å². The van der Waals surface area contributed by atoms with Crippen molar-refractivity contribution in [2.45, 2.75) is 39.7 Å². The van der Waals surface area contributed by atoms with E-state index in [-0.39, 0.29) is 46.0 Å². The number of fused-ring (bicyclic) bond motifs is 3. The number of aromatic hydroxyl groups is 2. The highest BCUT2D eigenvalue weighted by Crippen LogP contribution is 2.57. The van der Waals surface area contributed by atoms with E-state index in [2.05, 4.69) is 5.32 Å². The lowest BCUT2D eigenvalue weighted by molar-refractivity contribution is -0.123. The van der Waals surface area contributed by atoms with Crippen LogP contribution >= 0.6 is 0 Å². The number of phenolic OH excluding ortho intramolecular Hbond substituents is 2. The van der Waals surface area contributed by atoms with E-state index in [1.165, 1.54) is 52.4 Å². The van der Waals surface area contributed by atoms with Crippen molar-refractivity contribution < 1.29 is 29.3 Å². The fraction of sp³-hybridized carbons (Fsp3) is 0.320. The summed E-state index contributed by atoms with van der Waals surface area (Å²) in [6.45, 7) is 5.57. The topological polar surface area (TPSA) is 157 Å². The Morgan fingerprint density at radius 3 is 2.33 bits per heavy atom. The van der Waals surface area contributed by atoms with Crippen molar-refractivity contribution in [1.29, 1.82) is 0 Å². The maximum Gasteiger partial charge on any atom is 0.330 e. The molecule has 0 fully saturated rings. The fourth-order valence-electron chi connectivity index (χ4n) is 4.62. The third-order valence-electron chi connectivity index (χ3n) is 6.92. The molecule has 1 aliphatic heterocycles. The molecule has 2 aromatic rings. The first-order valence-electron chi connectivity index (χ1n) is 11.0. The van der Waals surface area contributed by atoms with Crippen LogP contribution in [0.3, 0.4) is 0 Å². The molecule has 0 bridgehead atoms. The highest BCUT2D eigenvalue weighted by molar-refractivity contribution is 6.31. The smallest absolute Gasteiger partial charge is 0.330 e. The number of aromatic nitrogens is 2. The summed E-state index contributed by atoms with van der Waals surface area (Å²) < 4.78 is 7.96. The third kappa shape index (κ3) is 3.23. The second-order valence-electron chi connectivity index (χ2n) is 9.11. The van der Waals surface area contributed by atoms with Gasteiger partial charge in [-0.05, 0) is 27.7 Å². The number of carbonyl (C=O) groups excluding carboxylic acids is 3. The number of nitrogens with zero attached hydrogens (tertiary/aromatic N) is 2. The molecule has 0 saturated heterocycles. The molecule has 0 saturated carbocycles. The molecule has 188 valence electrons. The fourth-order valence-corrected chi connectivity index (χ4v) is 4.62. The Bertz CT molecular complexity index is 1590. The van der Waals surface area contributed by atoms with Crippen LogP contribution < -0.4 is 21.3 Å². The van der Waals surface area contributed by atoms with Gasteiger partial charge in [-0.2, -0.15) is 0 Å². The SMILES string of the molecule is CC(=O)c1c(O)c(C)c(O)c2c1OC1=CC(=O)/C(=C(/C)NCc3cc(=O)n(C)c(=O)n3C)C(=O)[C@]12C. The number of carbonyl (C=O) groups is 3. The van der Waals surface area contributed by atoms with Gasteiger partial charge in [-0.25, -0.2) is 4.79 Å². The summed E-state index contributed by atoms with van der Waals surface area (Å²) >= 11 is 0. The van der Waals surface area contributed by atoms with E-state index in [0.29, 0.717) is 5.69 Å². The van der Waals surface area contributed by atoms with E-state index >= 15 is 0 Å². The number of phenols is 2. The van der Waals surface area contributed by atoms with Crippen LogP contribution in [0.15, 0.2) is 38.8 Å². The first-order valence-corrected chi connectivity index (χ1v) is 11.0. The van der Waals surface area contributed by atoms with E-state index < -0.39 is 45.5 Å². The molecule has 4 rings (SSSR count). The Balaban J connectivity index is 1.82. The van der Waals surface area contributed by atoms with Crippen molar-refractivity contribution in [3.63, 3.8) is 0 Å². The van der Waals surface area contributed by atoms with Crippen LogP contribution in [0.5, 0.6) is 17.2 Å². The Labute approximate surface area is 204 Å². The summed E-state index contributed by atoms with van der Waals surface area (Å²) in [6, 6.07) is 1.27. The molecular formula is C25H25N3O8. The van der Waals surface area contributed by atoms with Crippen LogP contribution in [0.1, 0.15) is 48.0 Å². The zero-order chi connectivity index (χ0) is 26.9. The van der Waals surface area contributed by atoms with E-state index in [4.69, 9.17) is 4.74 Å². The predicted octanol–water partition coefficient (Wildman–Crippen LogP) is 0.756. The summed E-state index contributed by atoms with van der Waals surface area (Å²) in [5, 5.41) is 24.2. The quantitative estimate of drug-likeness (QED) is 0.316. The number of nitrogens with one attached hydrogen (secondary N) is 1. The number of hydrogen-bond donors (Lipinski definition) is 3. The standard InChI is InChI=1S/C25H25N3O8/c1-10-20(32)18(12(3)29)22-19(21(10)33)25(4)15(36-22)8-14(30)17(23(25)34)11(2)26-9-13-7-16(31)28(6)24(35)27(13)5/h7-8,26,32-33H,9H2,1-6H3/b17-11+/t25-/m1/s1. The molecule has 36 heavy (non-hydrogen) atoms. The minimum Gasteiger partial charge on any atom is -0.507 e. The number of ketones is 3. The average molecular weight is 495 g/mol. The number of rotatable bonds is 4. The molecular weight excluding hydrogens is 470 g/mol. The number of allylic oxidation sites excluding steroid dienone is 4. The van der Waals surface area contributed by atoms with Crippen molar-refractivity contribution in [3.8, 4) is 17.2 Å². The van der Waals surface area contributed by atoms with Crippen LogP contribution in [0.2, 0.25) is 0 Å². The number of ether oxygens (including phenoxy) is 1. The molecule has 0 radical (unpaired) electrons. The monoisotopic (exact) mass is 495 g/mol. The third-order valence-corrected chi connectivity index (χ3v) is 6.92. The molecule has 11 heteroatoms. The van der Waals surface area contributed by atoms with Gasteiger partial charge in [0.25, 0.3) is 5.56 Å². The second-order valence-corrected chi connectivity index (χ2v) is 9.11. The normalized spacial score (nSPS) is 19.9. The van der Waals surface area contributed by atoms with Gasteiger partial charge in [0.1, 0.15) is 34.0 Å². The maximum atomic E-state index is 13.8. The molecule has 11 nitrogen and oxygen atoms in total. The summed E-state index contributed by atoms with van der Waals surface area (Å²) in [5.41, 5.74) is -2.54. The predicted molar refractivity (Wildman–Crippen MR) is 127 cm³/mol. The van der Waals surface area contributed by atoms with E-state index in [1.807, 2.05) is 0 Å². The van der Waals surface area contributed by atoms with Crippen molar-refractivity contribution in [2.75, 3.05) is 0 Å². The van der Waals surface area contributed by atoms with E-state index in [9.17, 15) is 34.2 Å². The zero-order valence-corrected chi connectivity index (χ0v) is 20.6. The molecule has 2 aliphatic rings. The number of hydrogen-bond acceptors (Lipinski definition) is 9. The molecule has 1 aromatic heterocycles. The van der Waals surface area contributed by atoms with Crippen LogP contribution in [0.25, 0.3) is 0 Å². The van der Waals surface area contributed by atoms with Crippen molar-refractivity contribution in [3.05, 3.63) is 72.4 Å². The maximum absolute atomic E-state index is 13.8. The van der Waals surface area contributed by atoms with Gasteiger partial charge in [0.2, 0.25) is 0 Å². The first-order chi connectivity index (χ1) is 16.7. The Morgan fingerprint density at radius 2 is 1.72 bits per heavy atom. The van der Waals surface area contributed by atoms with Crippen LogP contribution in [-0.2, 0) is 35.6 Å². The lowest BCUT2D eigenvalue weighted by atomic mass is 9.70. The van der Waals surface area contributed by atoms with Gasteiger partial charge in [-0.15, -0.1) is 0 Å². The molecule has 0 amide bonds. The average Bonchev–Trinajstić information content (AvgIpc) is 3.10. The lowest BCUT2D eigenvalue weighted by Gasteiger charge is -2.29. The highest BCUT2D eigenvalue weighted by Gasteiger charge is 2.56. The summed E-state index contributed by atoms with van der Waals surface area (Å²) in [7, 11) is 2.85. The molecule has 1 aliphatic carbocycles. The molecule has 0 unspecified atom stereocenters. The van der Waals surface area contributed by atoms with Crippen molar-refractivity contribution in [1.82, 2.24) is 14.5 Å². The highest BCUT2D eigenvalue weighted by atomic mass is 16.5. The minimum atomic E-state index is -1.64. The Morgan fingerprint density at radius 1 is 1.08 bits per heavy atom. The Hall–Kier alpha value is -4.41. The summed E-state index contributed by atoms with van der Waals surface area (Å²) in [6.07, 6.45) is 1.12. The van der Waals surface area contributed by atoms with Crippen LogP contribution in [-0.4, -0.2) is 36.7 Å². The first kappa shape index (κ1) is 24.7. The summed E-state index contributed by atoms with van der Waals surface area (Å²) in [4.78, 5) is 63.3. The van der Waals surface area contributed by atoms with Gasteiger partial charge in [0.05, 0.1) is 17.7 Å². The lowest BCUT2D eigenvalue weighted by Crippen LogP contribution is -2.41. The van der Waals surface area contributed by atoms with E-state index in [0.717, 1.165) is 10.6 Å². The zero-order valence-electron chi connectivity index (χ0n) is 20.6. The molecule has 2 heterocycles. The number of benzene rings is 1. The van der Waals surface area contributed by atoms with Crippen LogP contribution in [0, 0.1) is 6.92 Å². The van der Waals surface area contributed by atoms with Crippen LogP contribution in [0.4, 0.5) is 0 Å². The molecule has 3 N–H and O–H groups in total. The molecule has 1 aromatic carbocycles. The number of Topliss-reactive ketones (excluding diaryl/α,β-unsaturated/α-hetero) is 2. The van der Waals surface area contributed by atoms with Gasteiger partial charge >= 0.3 is 5.69 Å².